The van der Waals surface area contributed by atoms with Crippen molar-refractivity contribution in [3.05, 3.63) is 0 Å². The highest BCUT2D eigenvalue weighted by Gasteiger charge is 2.40. The third-order valence-electron chi connectivity index (χ3n) is 2.24. The Kier molecular flexibility index (Phi) is 3.24. The van der Waals surface area contributed by atoms with Crippen LogP contribution in [-0.4, -0.2) is 48.2 Å². The van der Waals surface area contributed by atoms with E-state index in [0.29, 0.717) is 13.2 Å². The number of hydrogen-bond donors (Lipinski definition) is 2. The molecule has 0 radical (unpaired) electrons. The Bertz CT molecular complexity index is 181. The van der Waals surface area contributed by atoms with Gasteiger partial charge in [-0.05, 0) is 6.92 Å². The van der Waals surface area contributed by atoms with Crippen molar-refractivity contribution in [1.82, 2.24) is 0 Å². The van der Waals surface area contributed by atoms with E-state index < -0.39 is 17.5 Å². The largest absolute Gasteiger partial charge is 0.479 e. The van der Waals surface area contributed by atoms with Gasteiger partial charge in [-0.25, -0.2) is 4.79 Å². The molecule has 0 saturated carbocycles. The first-order valence-electron chi connectivity index (χ1n) is 4.16. The first kappa shape index (κ1) is 10.4. The quantitative estimate of drug-likeness (QED) is 0.613. The lowest BCUT2D eigenvalue weighted by atomic mass is 9.90. The van der Waals surface area contributed by atoms with Crippen LogP contribution in [0.15, 0.2) is 0 Å². The molecule has 13 heavy (non-hydrogen) atoms. The van der Waals surface area contributed by atoms with Gasteiger partial charge in [-0.3, -0.25) is 0 Å². The molecule has 0 aromatic carbocycles. The van der Waals surface area contributed by atoms with E-state index in [4.69, 9.17) is 14.6 Å². The lowest BCUT2D eigenvalue weighted by Gasteiger charge is -2.26. The van der Waals surface area contributed by atoms with Gasteiger partial charge in [0.05, 0.1) is 26.4 Å². The summed E-state index contributed by atoms with van der Waals surface area (Å²) in [4.78, 5) is 10.7. The predicted molar refractivity (Wildman–Crippen MR) is 43.4 cm³/mol. The number of aliphatic carboxylic acids is 1. The van der Waals surface area contributed by atoms with Gasteiger partial charge in [0.1, 0.15) is 0 Å². The molecule has 0 aromatic rings. The second-order valence-corrected chi connectivity index (χ2v) is 3.30. The normalized spacial score (nSPS) is 24.8. The molecule has 0 aromatic heterocycles. The molecular formula is C8H14O5. The first-order chi connectivity index (χ1) is 6.05. The Morgan fingerprint density at radius 3 is 2.23 bits per heavy atom. The third-order valence-corrected chi connectivity index (χ3v) is 2.24. The van der Waals surface area contributed by atoms with Gasteiger partial charge < -0.3 is 19.7 Å². The van der Waals surface area contributed by atoms with E-state index in [0.717, 1.165) is 0 Å². The van der Waals surface area contributed by atoms with Crippen LogP contribution in [0.4, 0.5) is 0 Å². The maximum absolute atomic E-state index is 10.7. The molecule has 1 aliphatic rings. The molecule has 1 heterocycles. The Balaban J connectivity index is 2.62. The second kappa shape index (κ2) is 4.04. The van der Waals surface area contributed by atoms with E-state index >= 15 is 0 Å². The standard InChI is InChI=1S/C8H14O5/c1-8(11,7(9)10)6-4-12-2-3-13-5-6/h6,11H,2-5H2,1H3,(H,9,10). The van der Waals surface area contributed by atoms with Gasteiger partial charge in [-0.2, -0.15) is 0 Å². The van der Waals surface area contributed by atoms with E-state index in [9.17, 15) is 9.90 Å². The number of carbonyl (C=O) groups is 1. The third kappa shape index (κ3) is 2.40. The fourth-order valence-corrected chi connectivity index (χ4v) is 1.12. The summed E-state index contributed by atoms with van der Waals surface area (Å²) < 4.78 is 10.2. The average molecular weight is 190 g/mol. The summed E-state index contributed by atoms with van der Waals surface area (Å²) in [6.45, 7) is 2.61. The van der Waals surface area contributed by atoms with E-state index in [1.165, 1.54) is 6.92 Å². The monoisotopic (exact) mass is 190 g/mol. The predicted octanol–water partition coefficient (Wildman–Crippen LogP) is -0.515. The Morgan fingerprint density at radius 2 is 1.85 bits per heavy atom. The minimum absolute atomic E-state index is 0.222. The maximum Gasteiger partial charge on any atom is 0.335 e. The van der Waals surface area contributed by atoms with Crippen LogP contribution >= 0.6 is 0 Å². The van der Waals surface area contributed by atoms with Crippen molar-refractivity contribution in [3.8, 4) is 0 Å². The van der Waals surface area contributed by atoms with E-state index in [-0.39, 0.29) is 13.2 Å². The minimum Gasteiger partial charge on any atom is -0.479 e. The SMILES string of the molecule is CC(O)(C(=O)O)C1COCCOC1. The van der Waals surface area contributed by atoms with E-state index in [1.807, 2.05) is 0 Å². The van der Waals surface area contributed by atoms with Crippen molar-refractivity contribution in [1.29, 1.82) is 0 Å². The van der Waals surface area contributed by atoms with Crippen LogP contribution in [0.1, 0.15) is 6.92 Å². The fourth-order valence-electron chi connectivity index (χ4n) is 1.12. The lowest BCUT2D eigenvalue weighted by molar-refractivity contribution is -0.166. The van der Waals surface area contributed by atoms with Crippen molar-refractivity contribution in [2.24, 2.45) is 5.92 Å². The molecule has 1 rings (SSSR count). The average Bonchev–Trinajstić information content (AvgIpc) is 2.31. The van der Waals surface area contributed by atoms with Gasteiger partial charge in [-0.15, -0.1) is 0 Å². The smallest absolute Gasteiger partial charge is 0.335 e. The Hall–Kier alpha value is -0.650. The van der Waals surface area contributed by atoms with Gasteiger partial charge >= 0.3 is 5.97 Å². The Labute approximate surface area is 76.3 Å². The molecule has 0 bridgehead atoms. The van der Waals surface area contributed by atoms with Crippen LogP contribution in [0.25, 0.3) is 0 Å². The highest BCUT2D eigenvalue weighted by molar-refractivity contribution is 5.77. The van der Waals surface area contributed by atoms with Crippen molar-refractivity contribution < 1.29 is 24.5 Å². The molecule has 2 N–H and O–H groups in total. The summed E-state index contributed by atoms with van der Waals surface area (Å²) in [7, 11) is 0. The number of rotatable bonds is 2. The molecular weight excluding hydrogens is 176 g/mol. The highest BCUT2D eigenvalue weighted by Crippen LogP contribution is 2.20. The molecule has 5 heteroatoms. The zero-order chi connectivity index (χ0) is 9.90. The van der Waals surface area contributed by atoms with Gasteiger partial charge in [0.2, 0.25) is 0 Å². The molecule has 1 saturated heterocycles. The number of carboxylic acid groups (broad SMARTS) is 1. The molecule has 1 atom stereocenters. The second-order valence-electron chi connectivity index (χ2n) is 3.30. The van der Waals surface area contributed by atoms with Crippen molar-refractivity contribution >= 4 is 5.97 Å². The topological polar surface area (TPSA) is 76.0 Å². The van der Waals surface area contributed by atoms with Crippen LogP contribution in [0.3, 0.4) is 0 Å². The fraction of sp³-hybridized carbons (Fsp3) is 0.875. The van der Waals surface area contributed by atoms with E-state index in [2.05, 4.69) is 0 Å². The molecule has 1 aliphatic heterocycles. The van der Waals surface area contributed by atoms with Crippen LogP contribution in [0.2, 0.25) is 0 Å². The maximum atomic E-state index is 10.7. The highest BCUT2D eigenvalue weighted by atomic mass is 16.5. The van der Waals surface area contributed by atoms with Crippen LogP contribution in [0, 0.1) is 5.92 Å². The summed E-state index contributed by atoms with van der Waals surface area (Å²) in [6, 6.07) is 0. The number of aliphatic hydroxyl groups is 1. The van der Waals surface area contributed by atoms with Crippen LogP contribution < -0.4 is 0 Å². The summed E-state index contributed by atoms with van der Waals surface area (Å²) in [6.07, 6.45) is 0. The number of ether oxygens (including phenoxy) is 2. The summed E-state index contributed by atoms with van der Waals surface area (Å²) in [5, 5.41) is 18.3. The van der Waals surface area contributed by atoms with Crippen LogP contribution in [-0.2, 0) is 14.3 Å². The molecule has 1 fully saturated rings. The number of carboxylic acids is 1. The molecule has 5 nitrogen and oxygen atoms in total. The summed E-state index contributed by atoms with van der Waals surface area (Å²) in [5.41, 5.74) is -1.77. The zero-order valence-electron chi connectivity index (χ0n) is 7.52. The summed E-state index contributed by atoms with van der Waals surface area (Å²) >= 11 is 0. The van der Waals surface area contributed by atoms with Gasteiger partial charge in [0.25, 0.3) is 0 Å². The van der Waals surface area contributed by atoms with Gasteiger partial charge in [0.15, 0.2) is 5.60 Å². The van der Waals surface area contributed by atoms with Crippen molar-refractivity contribution in [3.63, 3.8) is 0 Å². The summed E-state index contributed by atoms with van der Waals surface area (Å²) in [5.74, 6) is -1.75. The molecule has 0 aliphatic carbocycles. The van der Waals surface area contributed by atoms with E-state index in [1.54, 1.807) is 0 Å². The zero-order valence-corrected chi connectivity index (χ0v) is 7.52. The molecule has 0 amide bonds. The lowest BCUT2D eigenvalue weighted by Crippen LogP contribution is -2.46. The van der Waals surface area contributed by atoms with Crippen LogP contribution in [0.5, 0.6) is 0 Å². The van der Waals surface area contributed by atoms with Gasteiger partial charge in [0, 0.05) is 5.92 Å². The Morgan fingerprint density at radius 1 is 1.38 bits per heavy atom. The first-order valence-corrected chi connectivity index (χ1v) is 4.16. The molecule has 0 spiro atoms. The van der Waals surface area contributed by atoms with Gasteiger partial charge in [-0.1, -0.05) is 0 Å². The minimum atomic E-state index is -1.77. The molecule has 1 unspecified atom stereocenters. The molecule has 76 valence electrons. The van der Waals surface area contributed by atoms with Crippen molar-refractivity contribution in [2.75, 3.05) is 26.4 Å². The van der Waals surface area contributed by atoms with Crippen molar-refractivity contribution in [2.45, 2.75) is 12.5 Å². The number of hydrogen-bond acceptors (Lipinski definition) is 4.